The van der Waals surface area contributed by atoms with E-state index in [2.05, 4.69) is 0 Å². The van der Waals surface area contributed by atoms with Gasteiger partial charge in [0.05, 0.1) is 29.9 Å². The number of aliphatic hydroxyl groups is 1. The number of carbonyl (C=O) groups excluding carboxylic acids is 2. The van der Waals surface area contributed by atoms with Crippen LogP contribution >= 0.6 is 11.6 Å². The maximum Gasteiger partial charge on any atom is 0.416 e. The zero-order chi connectivity index (χ0) is 25.5. The Balaban J connectivity index is 2.00. The van der Waals surface area contributed by atoms with Crippen LogP contribution in [0.15, 0.2) is 72.3 Å². The number of nitrogens with zero attached hydrogens (tertiary/aromatic N) is 1. The van der Waals surface area contributed by atoms with Gasteiger partial charge in [-0.3, -0.25) is 14.5 Å². The van der Waals surface area contributed by atoms with Crippen LogP contribution in [0.25, 0.3) is 5.76 Å². The topological polar surface area (TPSA) is 66.8 Å². The maximum atomic E-state index is 13.4. The summed E-state index contributed by atoms with van der Waals surface area (Å²) in [5.41, 5.74) is -0.109. The molecule has 4 rings (SSSR count). The van der Waals surface area contributed by atoms with Gasteiger partial charge in [-0.1, -0.05) is 47.5 Å². The number of methoxy groups -OCH3 is 1. The second-order valence-corrected chi connectivity index (χ2v) is 8.41. The zero-order valence-electron chi connectivity index (χ0n) is 18.6. The molecule has 1 atom stereocenters. The van der Waals surface area contributed by atoms with Gasteiger partial charge in [-0.25, -0.2) is 0 Å². The number of ketones is 1. The van der Waals surface area contributed by atoms with Gasteiger partial charge in [-0.05, 0) is 48.9 Å². The van der Waals surface area contributed by atoms with Crippen molar-refractivity contribution in [3.05, 3.63) is 99.6 Å². The molecule has 1 fully saturated rings. The first-order valence-corrected chi connectivity index (χ1v) is 10.8. The SMILES string of the molecule is COc1ccc(Cl)cc1/C(O)=C1\C(=O)C(=O)N(c2cccc(C(F)(F)F)c2)C1c1cccc(C)c1. The Morgan fingerprint density at radius 2 is 1.74 bits per heavy atom. The van der Waals surface area contributed by atoms with Crippen LogP contribution in [0.3, 0.4) is 0 Å². The van der Waals surface area contributed by atoms with E-state index in [0.717, 1.165) is 28.7 Å². The van der Waals surface area contributed by atoms with Gasteiger partial charge >= 0.3 is 6.18 Å². The molecule has 5 nitrogen and oxygen atoms in total. The number of anilines is 1. The summed E-state index contributed by atoms with van der Waals surface area (Å²) in [6, 6.07) is 14.1. The molecular formula is C26H19ClF3NO4. The molecule has 35 heavy (non-hydrogen) atoms. The van der Waals surface area contributed by atoms with Crippen molar-refractivity contribution >= 4 is 34.7 Å². The molecule has 1 heterocycles. The van der Waals surface area contributed by atoms with E-state index in [9.17, 15) is 27.9 Å². The number of aryl methyl sites for hydroxylation is 1. The molecule has 3 aromatic carbocycles. The number of halogens is 4. The molecule has 1 saturated heterocycles. The first-order chi connectivity index (χ1) is 16.5. The van der Waals surface area contributed by atoms with Crippen LogP contribution in [-0.4, -0.2) is 23.9 Å². The van der Waals surface area contributed by atoms with Gasteiger partial charge in [0.15, 0.2) is 0 Å². The fourth-order valence-corrected chi connectivity index (χ4v) is 4.27. The molecule has 1 N–H and O–H groups in total. The number of Topliss-reactive ketones (excluding diaryl/α,β-unsaturated/α-hetero) is 1. The van der Waals surface area contributed by atoms with E-state index in [1.807, 2.05) is 0 Å². The van der Waals surface area contributed by atoms with Gasteiger partial charge in [0.25, 0.3) is 11.7 Å². The lowest BCUT2D eigenvalue weighted by Crippen LogP contribution is -2.29. The predicted molar refractivity (Wildman–Crippen MR) is 125 cm³/mol. The van der Waals surface area contributed by atoms with Gasteiger partial charge in [-0.2, -0.15) is 13.2 Å². The largest absolute Gasteiger partial charge is 0.507 e. The summed E-state index contributed by atoms with van der Waals surface area (Å²) in [4.78, 5) is 27.4. The molecule has 1 aliphatic rings. The molecule has 0 aromatic heterocycles. The number of hydrogen-bond donors (Lipinski definition) is 1. The van der Waals surface area contributed by atoms with Gasteiger partial charge in [0, 0.05) is 10.7 Å². The van der Waals surface area contributed by atoms with E-state index in [4.69, 9.17) is 16.3 Å². The lowest BCUT2D eigenvalue weighted by atomic mass is 9.94. The van der Waals surface area contributed by atoms with E-state index in [1.54, 1.807) is 31.2 Å². The average molecular weight is 502 g/mol. The lowest BCUT2D eigenvalue weighted by molar-refractivity contribution is -0.137. The molecule has 0 spiro atoms. The van der Waals surface area contributed by atoms with Crippen molar-refractivity contribution in [2.75, 3.05) is 12.0 Å². The highest BCUT2D eigenvalue weighted by atomic mass is 35.5. The van der Waals surface area contributed by atoms with Crippen molar-refractivity contribution in [1.29, 1.82) is 0 Å². The number of ether oxygens (including phenoxy) is 1. The van der Waals surface area contributed by atoms with Crippen molar-refractivity contribution in [3.63, 3.8) is 0 Å². The summed E-state index contributed by atoms with van der Waals surface area (Å²) < 4.78 is 45.5. The summed E-state index contributed by atoms with van der Waals surface area (Å²) in [6.07, 6.45) is -4.66. The minimum Gasteiger partial charge on any atom is -0.507 e. The second-order valence-electron chi connectivity index (χ2n) is 7.98. The summed E-state index contributed by atoms with van der Waals surface area (Å²) in [5.74, 6) is -2.48. The summed E-state index contributed by atoms with van der Waals surface area (Å²) in [6.45, 7) is 1.79. The molecular weight excluding hydrogens is 483 g/mol. The highest BCUT2D eigenvalue weighted by molar-refractivity contribution is 6.51. The fourth-order valence-electron chi connectivity index (χ4n) is 4.10. The molecule has 1 unspecified atom stereocenters. The lowest BCUT2D eigenvalue weighted by Gasteiger charge is -2.26. The maximum absolute atomic E-state index is 13.4. The van der Waals surface area contributed by atoms with Crippen molar-refractivity contribution in [2.24, 2.45) is 0 Å². The molecule has 1 amide bonds. The van der Waals surface area contributed by atoms with Gasteiger partial charge in [0.2, 0.25) is 0 Å². The van der Waals surface area contributed by atoms with Crippen LogP contribution < -0.4 is 9.64 Å². The Hall–Kier alpha value is -3.78. The Kier molecular flexibility index (Phi) is 6.34. The van der Waals surface area contributed by atoms with Crippen molar-refractivity contribution < 1.29 is 32.6 Å². The molecule has 180 valence electrons. The smallest absolute Gasteiger partial charge is 0.416 e. The van der Waals surface area contributed by atoms with Crippen molar-refractivity contribution in [1.82, 2.24) is 0 Å². The first-order valence-electron chi connectivity index (χ1n) is 10.4. The van der Waals surface area contributed by atoms with Crippen LogP contribution in [0.1, 0.15) is 28.3 Å². The molecule has 3 aromatic rings. The molecule has 0 bridgehead atoms. The quantitative estimate of drug-likeness (QED) is 0.259. The van der Waals surface area contributed by atoms with E-state index >= 15 is 0 Å². The Morgan fingerprint density at radius 3 is 2.40 bits per heavy atom. The Bertz CT molecular complexity index is 1370. The second kappa shape index (κ2) is 9.11. The van der Waals surface area contributed by atoms with Crippen molar-refractivity contribution in [3.8, 4) is 5.75 Å². The van der Waals surface area contributed by atoms with Crippen LogP contribution in [0.5, 0.6) is 5.75 Å². The zero-order valence-corrected chi connectivity index (χ0v) is 19.3. The third-order valence-corrected chi connectivity index (χ3v) is 5.91. The first kappa shape index (κ1) is 24.3. The highest BCUT2D eigenvalue weighted by Gasteiger charge is 2.47. The van der Waals surface area contributed by atoms with E-state index in [0.29, 0.717) is 5.56 Å². The third-order valence-electron chi connectivity index (χ3n) is 5.67. The predicted octanol–water partition coefficient (Wildman–Crippen LogP) is 6.30. The van der Waals surface area contributed by atoms with E-state index in [1.165, 1.54) is 31.4 Å². The average Bonchev–Trinajstić information content (AvgIpc) is 3.08. The molecule has 9 heteroatoms. The number of benzene rings is 3. The standard InChI is InChI=1S/C26H19ClF3NO4/c1-14-5-3-6-15(11-14)22-21(23(32)19-13-17(27)9-10-20(19)35-2)24(33)25(34)31(22)18-8-4-7-16(12-18)26(28,29)30/h3-13,22,32H,1-2H3/b23-21+. The summed E-state index contributed by atoms with van der Waals surface area (Å²) >= 11 is 6.09. The minimum absolute atomic E-state index is 0.0692. The molecule has 0 radical (unpaired) electrons. The number of amides is 1. The van der Waals surface area contributed by atoms with Gasteiger partial charge in [-0.15, -0.1) is 0 Å². The van der Waals surface area contributed by atoms with Crippen molar-refractivity contribution in [2.45, 2.75) is 19.1 Å². The monoisotopic (exact) mass is 501 g/mol. The van der Waals surface area contributed by atoms with E-state index < -0.39 is 35.2 Å². The van der Waals surface area contributed by atoms with Crippen LogP contribution in [0, 0.1) is 6.92 Å². The number of hydrogen-bond acceptors (Lipinski definition) is 4. The van der Waals surface area contributed by atoms with E-state index in [-0.39, 0.29) is 27.6 Å². The van der Waals surface area contributed by atoms with Gasteiger partial charge < -0.3 is 9.84 Å². The van der Waals surface area contributed by atoms with Gasteiger partial charge in [0.1, 0.15) is 11.5 Å². The number of carbonyl (C=O) groups is 2. The summed E-state index contributed by atoms with van der Waals surface area (Å²) in [5, 5.41) is 11.5. The third kappa shape index (κ3) is 4.49. The normalized spacial score (nSPS) is 17.7. The number of alkyl halides is 3. The Morgan fingerprint density at radius 1 is 1.03 bits per heavy atom. The molecule has 0 saturated carbocycles. The number of aliphatic hydroxyl groups excluding tert-OH is 1. The molecule has 0 aliphatic carbocycles. The highest BCUT2D eigenvalue weighted by Crippen LogP contribution is 2.44. The minimum atomic E-state index is -4.66. The van der Waals surface area contributed by atoms with Crippen LogP contribution in [0.4, 0.5) is 18.9 Å². The molecule has 1 aliphatic heterocycles. The summed E-state index contributed by atoms with van der Waals surface area (Å²) in [7, 11) is 1.36. The van der Waals surface area contributed by atoms with Crippen LogP contribution in [-0.2, 0) is 15.8 Å². The fraction of sp³-hybridized carbons (Fsp3) is 0.154. The van der Waals surface area contributed by atoms with Crippen LogP contribution in [0.2, 0.25) is 5.02 Å². The Labute approximate surface area is 204 Å². The number of rotatable bonds is 4.